The Morgan fingerprint density at radius 3 is 2.65 bits per heavy atom. The van der Waals surface area contributed by atoms with E-state index in [9.17, 15) is 4.79 Å². The number of piperidine rings is 1. The van der Waals surface area contributed by atoms with E-state index >= 15 is 0 Å². The van der Waals surface area contributed by atoms with Crippen LogP contribution in [0.2, 0.25) is 10.0 Å². The van der Waals surface area contributed by atoms with Crippen LogP contribution < -0.4 is 10.6 Å². The lowest BCUT2D eigenvalue weighted by Gasteiger charge is -2.31. The summed E-state index contributed by atoms with van der Waals surface area (Å²) in [5, 5.41) is 7.09. The monoisotopic (exact) mass is 379 g/mol. The highest BCUT2D eigenvalue weighted by Crippen LogP contribution is 2.25. The average molecular weight is 381 g/mol. The fourth-order valence-electron chi connectivity index (χ4n) is 2.77. The highest BCUT2D eigenvalue weighted by molar-refractivity contribution is 6.35. The molecule has 2 rings (SSSR count). The van der Waals surface area contributed by atoms with Crippen LogP contribution in [0.1, 0.15) is 19.3 Å². The quantitative estimate of drug-likeness (QED) is 0.791. The first-order valence-corrected chi connectivity index (χ1v) is 8.46. The molecule has 0 bridgehead atoms. The van der Waals surface area contributed by atoms with Crippen LogP contribution >= 0.6 is 35.6 Å². The molecule has 1 amide bonds. The fourth-order valence-corrected chi connectivity index (χ4v) is 3.10. The van der Waals surface area contributed by atoms with Crippen molar-refractivity contribution in [2.45, 2.75) is 19.3 Å². The number of amides is 1. The lowest BCUT2D eigenvalue weighted by Crippen LogP contribution is -2.39. The van der Waals surface area contributed by atoms with Crippen LogP contribution in [0.3, 0.4) is 0 Å². The second-order valence-electron chi connectivity index (χ2n) is 5.78. The molecule has 0 aliphatic carbocycles. The number of halogens is 3. The first-order chi connectivity index (χ1) is 10.6. The Bertz CT molecular complexity index is 505. The molecule has 1 aliphatic heterocycles. The molecule has 1 heterocycles. The van der Waals surface area contributed by atoms with Crippen LogP contribution in [0.5, 0.6) is 0 Å². The van der Waals surface area contributed by atoms with Gasteiger partial charge in [-0.1, -0.05) is 23.2 Å². The first-order valence-electron chi connectivity index (χ1n) is 7.70. The molecular formula is C16H24Cl3N3O. The van der Waals surface area contributed by atoms with Gasteiger partial charge in [-0.3, -0.25) is 9.69 Å². The van der Waals surface area contributed by atoms with Crippen LogP contribution in [0, 0.1) is 5.92 Å². The number of likely N-dealkylation sites (tertiary alicyclic amines) is 1. The van der Waals surface area contributed by atoms with E-state index in [2.05, 4.69) is 15.5 Å². The summed E-state index contributed by atoms with van der Waals surface area (Å²) in [5.74, 6) is 0.729. The summed E-state index contributed by atoms with van der Waals surface area (Å²) < 4.78 is 0. The number of hydrogen-bond acceptors (Lipinski definition) is 3. The summed E-state index contributed by atoms with van der Waals surface area (Å²) in [6, 6.07) is 5.06. The SMILES string of the molecule is CNCCC1CCN(CC(=O)Nc2cc(Cl)ccc2Cl)CC1.Cl. The van der Waals surface area contributed by atoms with Gasteiger partial charge in [0.05, 0.1) is 17.3 Å². The third-order valence-electron chi connectivity index (χ3n) is 4.08. The Morgan fingerprint density at radius 2 is 2.00 bits per heavy atom. The summed E-state index contributed by atoms with van der Waals surface area (Å²) >= 11 is 12.0. The molecule has 1 fully saturated rings. The van der Waals surface area contributed by atoms with E-state index in [1.54, 1.807) is 18.2 Å². The van der Waals surface area contributed by atoms with Gasteiger partial charge in [0.2, 0.25) is 5.91 Å². The zero-order valence-electron chi connectivity index (χ0n) is 13.3. The van der Waals surface area contributed by atoms with Gasteiger partial charge in [-0.15, -0.1) is 12.4 Å². The maximum Gasteiger partial charge on any atom is 0.238 e. The van der Waals surface area contributed by atoms with Gasteiger partial charge in [-0.2, -0.15) is 0 Å². The molecule has 0 atom stereocenters. The molecule has 4 nitrogen and oxygen atoms in total. The number of hydrogen-bond donors (Lipinski definition) is 2. The molecule has 0 unspecified atom stereocenters. The Morgan fingerprint density at radius 1 is 1.30 bits per heavy atom. The molecule has 1 aromatic rings. The number of carbonyl (C=O) groups excluding carboxylic acids is 1. The molecule has 0 saturated carbocycles. The van der Waals surface area contributed by atoms with Crippen molar-refractivity contribution >= 4 is 47.2 Å². The Hall–Kier alpha value is -0.520. The van der Waals surface area contributed by atoms with Crippen molar-refractivity contribution in [2.75, 3.05) is 38.5 Å². The van der Waals surface area contributed by atoms with Crippen molar-refractivity contribution in [3.05, 3.63) is 28.2 Å². The standard InChI is InChI=1S/C16H23Cl2N3O.ClH/c1-19-7-4-12-5-8-21(9-6-12)11-16(22)20-15-10-13(17)2-3-14(15)18;/h2-3,10,12,19H,4-9,11H2,1H3,(H,20,22);1H. The second kappa shape index (κ2) is 10.4. The number of nitrogens with one attached hydrogen (secondary N) is 2. The van der Waals surface area contributed by atoms with Gasteiger partial charge in [0.15, 0.2) is 0 Å². The highest BCUT2D eigenvalue weighted by Gasteiger charge is 2.20. The predicted molar refractivity (Wildman–Crippen MR) is 100 cm³/mol. The van der Waals surface area contributed by atoms with Gasteiger partial charge < -0.3 is 10.6 Å². The van der Waals surface area contributed by atoms with Crippen molar-refractivity contribution < 1.29 is 4.79 Å². The molecule has 2 N–H and O–H groups in total. The fraction of sp³-hybridized carbons (Fsp3) is 0.562. The largest absolute Gasteiger partial charge is 0.324 e. The van der Waals surface area contributed by atoms with E-state index in [0.29, 0.717) is 22.3 Å². The molecule has 0 spiro atoms. The minimum absolute atomic E-state index is 0. The number of nitrogens with zero attached hydrogens (tertiary/aromatic N) is 1. The van der Waals surface area contributed by atoms with E-state index < -0.39 is 0 Å². The predicted octanol–water partition coefficient (Wildman–Crippen LogP) is 3.68. The molecule has 130 valence electrons. The topological polar surface area (TPSA) is 44.4 Å². The molecule has 23 heavy (non-hydrogen) atoms. The number of anilines is 1. The summed E-state index contributed by atoms with van der Waals surface area (Å²) in [4.78, 5) is 14.3. The minimum Gasteiger partial charge on any atom is -0.324 e. The second-order valence-corrected chi connectivity index (χ2v) is 6.63. The smallest absolute Gasteiger partial charge is 0.238 e. The van der Waals surface area contributed by atoms with Crippen LogP contribution in [-0.2, 0) is 4.79 Å². The molecule has 7 heteroatoms. The Balaban J connectivity index is 0.00000264. The maximum atomic E-state index is 12.1. The van der Waals surface area contributed by atoms with Gasteiger partial charge >= 0.3 is 0 Å². The number of carbonyl (C=O) groups is 1. The van der Waals surface area contributed by atoms with Crippen molar-refractivity contribution in [3.8, 4) is 0 Å². The van der Waals surface area contributed by atoms with E-state index in [1.165, 1.54) is 6.42 Å². The lowest BCUT2D eigenvalue weighted by molar-refractivity contribution is -0.117. The zero-order valence-corrected chi connectivity index (χ0v) is 15.6. The molecule has 1 saturated heterocycles. The van der Waals surface area contributed by atoms with E-state index in [4.69, 9.17) is 23.2 Å². The van der Waals surface area contributed by atoms with Gasteiger partial charge in [-0.05, 0) is 70.1 Å². The summed E-state index contributed by atoms with van der Waals surface area (Å²) in [7, 11) is 1.99. The average Bonchev–Trinajstić information content (AvgIpc) is 2.50. The normalized spacial score (nSPS) is 16.0. The highest BCUT2D eigenvalue weighted by atomic mass is 35.5. The number of benzene rings is 1. The van der Waals surface area contributed by atoms with Crippen LogP contribution in [0.25, 0.3) is 0 Å². The van der Waals surface area contributed by atoms with E-state index in [0.717, 1.165) is 38.4 Å². The van der Waals surface area contributed by atoms with Crippen LogP contribution in [0.4, 0.5) is 5.69 Å². The Labute approximate surface area is 154 Å². The molecule has 0 radical (unpaired) electrons. The van der Waals surface area contributed by atoms with E-state index in [-0.39, 0.29) is 18.3 Å². The molecule has 1 aliphatic rings. The van der Waals surface area contributed by atoms with Crippen LogP contribution in [-0.4, -0.2) is 44.0 Å². The molecule has 1 aromatic carbocycles. The van der Waals surface area contributed by atoms with Crippen molar-refractivity contribution in [1.82, 2.24) is 10.2 Å². The zero-order chi connectivity index (χ0) is 15.9. The third-order valence-corrected chi connectivity index (χ3v) is 4.64. The lowest BCUT2D eigenvalue weighted by atomic mass is 9.93. The van der Waals surface area contributed by atoms with Gasteiger partial charge in [-0.25, -0.2) is 0 Å². The summed E-state index contributed by atoms with van der Waals surface area (Å²) in [5.41, 5.74) is 0.572. The summed E-state index contributed by atoms with van der Waals surface area (Å²) in [6.07, 6.45) is 3.54. The van der Waals surface area contributed by atoms with Gasteiger partial charge in [0, 0.05) is 5.02 Å². The number of rotatable bonds is 6. The van der Waals surface area contributed by atoms with Crippen molar-refractivity contribution in [3.63, 3.8) is 0 Å². The van der Waals surface area contributed by atoms with Gasteiger partial charge in [0.25, 0.3) is 0 Å². The maximum absolute atomic E-state index is 12.1. The summed E-state index contributed by atoms with van der Waals surface area (Å²) in [6.45, 7) is 3.43. The first kappa shape index (κ1) is 20.5. The van der Waals surface area contributed by atoms with Gasteiger partial charge in [0.1, 0.15) is 0 Å². The van der Waals surface area contributed by atoms with Crippen molar-refractivity contribution in [1.29, 1.82) is 0 Å². The minimum atomic E-state index is -0.0437. The van der Waals surface area contributed by atoms with Crippen molar-refractivity contribution in [2.24, 2.45) is 5.92 Å². The molecular weight excluding hydrogens is 357 g/mol. The third kappa shape index (κ3) is 6.86. The van der Waals surface area contributed by atoms with Crippen LogP contribution in [0.15, 0.2) is 18.2 Å². The van der Waals surface area contributed by atoms with E-state index in [1.807, 2.05) is 7.05 Å². The Kier molecular flexibility index (Phi) is 9.25. The molecule has 0 aromatic heterocycles.